The second-order valence-corrected chi connectivity index (χ2v) is 3.56. The number of nitrogens with zero attached hydrogens (tertiary/aromatic N) is 3. The number of phenolic OH excluding ortho intramolecular Hbond substituents is 1. The first-order chi connectivity index (χ1) is 8.81. The lowest BCUT2D eigenvalue weighted by molar-refractivity contribution is 0.370. The van der Waals surface area contributed by atoms with Gasteiger partial charge in [-0.05, 0) is 18.2 Å². The molecule has 0 atom stereocenters. The van der Waals surface area contributed by atoms with Crippen LogP contribution in [0.1, 0.15) is 5.56 Å². The largest absolute Gasteiger partial charge is 0.504 e. The molecule has 1 aromatic heterocycles. The summed E-state index contributed by atoms with van der Waals surface area (Å²) >= 11 is 0. The number of para-hydroxylation sites is 1. The van der Waals surface area contributed by atoms with E-state index in [1.165, 1.54) is 7.11 Å². The van der Waals surface area contributed by atoms with Crippen molar-refractivity contribution < 1.29 is 9.84 Å². The molecule has 0 fully saturated rings. The predicted molar refractivity (Wildman–Crippen MR) is 67.1 cm³/mol. The van der Waals surface area contributed by atoms with Gasteiger partial charge >= 0.3 is 0 Å². The molecule has 2 rings (SSSR count). The molecule has 0 aliphatic carbocycles. The highest BCUT2D eigenvalue weighted by atomic mass is 16.5. The molecule has 0 saturated carbocycles. The van der Waals surface area contributed by atoms with E-state index in [-0.39, 0.29) is 12.3 Å². The average molecular weight is 243 g/mol. The summed E-state index contributed by atoms with van der Waals surface area (Å²) in [4.78, 5) is 4.02. The molecule has 5 nitrogen and oxygen atoms in total. The van der Waals surface area contributed by atoms with Gasteiger partial charge in [0.2, 0.25) is 0 Å². The Morgan fingerprint density at radius 1 is 1.22 bits per heavy atom. The number of azo groups is 1. The van der Waals surface area contributed by atoms with Crippen LogP contribution in [0, 0.1) is 0 Å². The second kappa shape index (κ2) is 5.77. The van der Waals surface area contributed by atoms with Gasteiger partial charge in [-0.1, -0.05) is 18.2 Å². The fourth-order valence-electron chi connectivity index (χ4n) is 1.46. The van der Waals surface area contributed by atoms with Crippen molar-refractivity contribution >= 4 is 5.82 Å². The van der Waals surface area contributed by atoms with Crippen molar-refractivity contribution in [2.75, 3.05) is 7.11 Å². The summed E-state index contributed by atoms with van der Waals surface area (Å²) in [6.45, 7) is 0.277. The number of ether oxygens (including phenoxy) is 1. The van der Waals surface area contributed by atoms with Crippen molar-refractivity contribution in [3.8, 4) is 11.5 Å². The number of hydrogen-bond donors (Lipinski definition) is 1. The summed E-state index contributed by atoms with van der Waals surface area (Å²) in [5.74, 6) is 1.07. The predicted octanol–water partition coefficient (Wildman–Crippen LogP) is 3.08. The third-order valence-electron chi connectivity index (χ3n) is 2.37. The van der Waals surface area contributed by atoms with E-state index in [4.69, 9.17) is 4.74 Å². The SMILES string of the molecule is COc1cccc(CN=Nc2ccccn2)c1O. The van der Waals surface area contributed by atoms with Crippen molar-refractivity contribution in [2.45, 2.75) is 6.54 Å². The Balaban J connectivity index is 2.09. The Hall–Kier alpha value is -2.43. The molecular weight excluding hydrogens is 230 g/mol. The van der Waals surface area contributed by atoms with E-state index in [0.29, 0.717) is 17.1 Å². The first kappa shape index (κ1) is 12.0. The van der Waals surface area contributed by atoms with Gasteiger partial charge < -0.3 is 9.84 Å². The maximum atomic E-state index is 9.84. The molecule has 0 aliphatic heterocycles. The molecule has 0 amide bonds. The normalized spacial score (nSPS) is 10.7. The maximum absolute atomic E-state index is 9.84. The number of aromatic hydroxyl groups is 1. The Morgan fingerprint density at radius 3 is 2.83 bits per heavy atom. The van der Waals surface area contributed by atoms with Crippen molar-refractivity contribution in [3.63, 3.8) is 0 Å². The van der Waals surface area contributed by atoms with Crippen molar-refractivity contribution in [2.24, 2.45) is 10.2 Å². The molecule has 1 heterocycles. The molecule has 2 aromatic rings. The molecule has 0 bridgehead atoms. The molecule has 18 heavy (non-hydrogen) atoms. The fourth-order valence-corrected chi connectivity index (χ4v) is 1.46. The zero-order chi connectivity index (χ0) is 12.8. The number of methoxy groups -OCH3 is 1. The van der Waals surface area contributed by atoms with E-state index >= 15 is 0 Å². The highest BCUT2D eigenvalue weighted by Crippen LogP contribution is 2.29. The van der Waals surface area contributed by atoms with Gasteiger partial charge in [-0.15, -0.1) is 5.11 Å². The van der Waals surface area contributed by atoms with E-state index in [1.807, 2.05) is 12.1 Å². The lowest BCUT2D eigenvalue weighted by atomic mass is 10.2. The highest BCUT2D eigenvalue weighted by Gasteiger charge is 2.05. The number of phenols is 1. The van der Waals surface area contributed by atoms with Gasteiger partial charge in [0.1, 0.15) is 0 Å². The molecule has 0 saturated heterocycles. The van der Waals surface area contributed by atoms with Crippen LogP contribution in [0.15, 0.2) is 52.8 Å². The molecule has 92 valence electrons. The van der Waals surface area contributed by atoms with Gasteiger partial charge in [0.15, 0.2) is 17.3 Å². The fraction of sp³-hybridized carbons (Fsp3) is 0.154. The summed E-state index contributed by atoms with van der Waals surface area (Å²) in [5.41, 5.74) is 0.661. The van der Waals surface area contributed by atoms with E-state index in [0.717, 1.165) is 0 Å². The Labute approximate surface area is 105 Å². The van der Waals surface area contributed by atoms with Crippen LogP contribution < -0.4 is 4.74 Å². The topological polar surface area (TPSA) is 67.1 Å². The van der Waals surface area contributed by atoms with Gasteiger partial charge in [0.25, 0.3) is 0 Å². The molecule has 0 unspecified atom stereocenters. The van der Waals surface area contributed by atoms with Crippen molar-refractivity contribution in [1.82, 2.24) is 4.98 Å². The first-order valence-corrected chi connectivity index (χ1v) is 5.44. The van der Waals surface area contributed by atoms with Gasteiger partial charge in [-0.2, -0.15) is 5.11 Å². The molecule has 1 aromatic carbocycles. The number of hydrogen-bond acceptors (Lipinski definition) is 5. The van der Waals surface area contributed by atoms with Crippen LogP contribution in [0.5, 0.6) is 11.5 Å². The molecule has 1 N–H and O–H groups in total. The Morgan fingerprint density at radius 2 is 2.11 bits per heavy atom. The van der Waals surface area contributed by atoms with Gasteiger partial charge in [-0.3, -0.25) is 0 Å². The summed E-state index contributed by atoms with van der Waals surface area (Å²) in [6.07, 6.45) is 1.65. The lowest BCUT2D eigenvalue weighted by Gasteiger charge is -2.05. The van der Waals surface area contributed by atoms with Crippen LogP contribution in [0.25, 0.3) is 0 Å². The summed E-state index contributed by atoms with van der Waals surface area (Å²) in [5, 5.41) is 17.8. The van der Waals surface area contributed by atoms with Gasteiger partial charge in [0, 0.05) is 11.8 Å². The smallest absolute Gasteiger partial charge is 0.173 e. The Bertz CT molecular complexity index is 541. The molecule has 0 radical (unpaired) electrons. The van der Waals surface area contributed by atoms with Crippen LogP contribution in [0.4, 0.5) is 5.82 Å². The molecular formula is C13H13N3O2. The maximum Gasteiger partial charge on any atom is 0.173 e. The number of rotatable bonds is 4. The van der Waals surface area contributed by atoms with Crippen LogP contribution >= 0.6 is 0 Å². The van der Waals surface area contributed by atoms with E-state index in [1.54, 1.807) is 30.5 Å². The van der Waals surface area contributed by atoms with Gasteiger partial charge in [0.05, 0.1) is 13.7 Å². The summed E-state index contributed by atoms with van der Waals surface area (Å²) in [6, 6.07) is 10.7. The third kappa shape index (κ3) is 2.82. The number of aromatic nitrogens is 1. The van der Waals surface area contributed by atoms with Crippen LogP contribution in [0.2, 0.25) is 0 Å². The van der Waals surface area contributed by atoms with Crippen molar-refractivity contribution in [3.05, 3.63) is 48.2 Å². The highest BCUT2D eigenvalue weighted by molar-refractivity contribution is 5.45. The summed E-state index contributed by atoms with van der Waals surface area (Å²) < 4.78 is 5.02. The Kier molecular flexibility index (Phi) is 3.86. The van der Waals surface area contributed by atoms with Gasteiger partial charge in [-0.25, -0.2) is 4.98 Å². The minimum absolute atomic E-state index is 0.0972. The monoisotopic (exact) mass is 243 g/mol. The first-order valence-electron chi connectivity index (χ1n) is 5.44. The molecule has 0 spiro atoms. The molecule has 0 aliphatic rings. The quantitative estimate of drug-likeness (QED) is 0.839. The minimum atomic E-state index is 0.0972. The molecule has 5 heteroatoms. The standard InChI is InChI=1S/C13H13N3O2/c1-18-11-6-4-5-10(13(11)17)9-15-16-12-7-2-3-8-14-12/h2-8,17H,9H2,1H3. The summed E-state index contributed by atoms with van der Waals surface area (Å²) in [7, 11) is 1.51. The van der Waals surface area contributed by atoms with Crippen LogP contribution in [0.3, 0.4) is 0 Å². The van der Waals surface area contributed by atoms with E-state index in [2.05, 4.69) is 15.2 Å². The van der Waals surface area contributed by atoms with E-state index < -0.39 is 0 Å². The van der Waals surface area contributed by atoms with Crippen LogP contribution in [-0.4, -0.2) is 17.2 Å². The minimum Gasteiger partial charge on any atom is -0.504 e. The zero-order valence-corrected chi connectivity index (χ0v) is 9.95. The number of pyridine rings is 1. The number of benzene rings is 1. The van der Waals surface area contributed by atoms with Crippen LogP contribution in [-0.2, 0) is 6.54 Å². The van der Waals surface area contributed by atoms with E-state index in [9.17, 15) is 5.11 Å². The lowest BCUT2D eigenvalue weighted by Crippen LogP contribution is -1.88. The second-order valence-electron chi connectivity index (χ2n) is 3.56. The third-order valence-corrected chi connectivity index (χ3v) is 2.37. The average Bonchev–Trinajstić information content (AvgIpc) is 2.42. The van der Waals surface area contributed by atoms with Crippen molar-refractivity contribution in [1.29, 1.82) is 0 Å². The zero-order valence-electron chi connectivity index (χ0n) is 9.95.